The van der Waals surface area contributed by atoms with Gasteiger partial charge in [0.05, 0.1) is 5.69 Å². The SMILES string of the molecule is CC(C)Cc1c[c]nn1-c1ccccc1. The Labute approximate surface area is 90.6 Å². The molecule has 15 heavy (non-hydrogen) atoms. The van der Waals surface area contributed by atoms with E-state index in [0.29, 0.717) is 5.92 Å². The van der Waals surface area contributed by atoms with Crippen LogP contribution in [0.25, 0.3) is 5.69 Å². The average Bonchev–Trinajstić information content (AvgIpc) is 2.66. The van der Waals surface area contributed by atoms with Crippen molar-refractivity contribution in [3.05, 3.63) is 48.3 Å². The van der Waals surface area contributed by atoms with Crippen molar-refractivity contribution < 1.29 is 0 Å². The van der Waals surface area contributed by atoms with Gasteiger partial charge in [0, 0.05) is 5.69 Å². The van der Waals surface area contributed by atoms with E-state index in [0.717, 1.165) is 12.1 Å². The predicted octanol–water partition coefficient (Wildman–Crippen LogP) is 2.87. The van der Waals surface area contributed by atoms with Crippen molar-refractivity contribution in [2.45, 2.75) is 20.3 Å². The average molecular weight is 199 g/mol. The smallest absolute Gasteiger partial charge is 0.113 e. The highest BCUT2D eigenvalue weighted by Crippen LogP contribution is 2.12. The first-order chi connectivity index (χ1) is 7.27. The quantitative estimate of drug-likeness (QED) is 0.743. The van der Waals surface area contributed by atoms with E-state index in [1.165, 1.54) is 5.69 Å². The van der Waals surface area contributed by atoms with Gasteiger partial charge in [-0.15, -0.1) is 0 Å². The molecule has 1 aromatic heterocycles. The summed E-state index contributed by atoms with van der Waals surface area (Å²) in [6.45, 7) is 4.42. The molecule has 1 heterocycles. The van der Waals surface area contributed by atoms with Crippen LogP contribution in [-0.4, -0.2) is 9.78 Å². The number of nitrogens with zero attached hydrogens (tertiary/aromatic N) is 2. The Morgan fingerprint density at radius 3 is 2.67 bits per heavy atom. The van der Waals surface area contributed by atoms with Crippen molar-refractivity contribution in [2.75, 3.05) is 0 Å². The number of aromatic nitrogens is 2. The van der Waals surface area contributed by atoms with Crippen LogP contribution in [0.4, 0.5) is 0 Å². The minimum Gasteiger partial charge on any atom is -0.237 e. The van der Waals surface area contributed by atoms with Crippen LogP contribution < -0.4 is 0 Å². The normalized spacial score (nSPS) is 10.9. The van der Waals surface area contributed by atoms with Gasteiger partial charge in [0.1, 0.15) is 6.20 Å². The van der Waals surface area contributed by atoms with Gasteiger partial charge in [-0.25, -0.2) is 4.68 Å². The van der Waals surface area contributed by atoms with E-state index >= 15 is 0 Å². The molecule has 0 fully saturated rings. The van der Waals surface area contributed by atoms with Crippen molar-refractivity contribution in [1.29, 1.82) is 0 Å². The fraction of sp³-hybridized carbons (Fsp3) is 0.308. The predicted molar refractivity (Wildman–Crippen MR) is 60.9 cm³/mol. The summed E-state index contributed by atoms with van der Waals surface area (Å²) < 4.78 is 1.96. The highest BCUT2D eigenvalue weighted by atomic mass is 15.3. The van der Waals surface area contributed by atoms with E-state index in [2.05, 4.69) is 37.3 Å². The van der Waals surface area contributed by atoms with E-state index in [1.807, 2.05) is 28.9 Å². The van der Waals surface area contributed by atoms with Crippen LogP contribution in [0.5, 0.6) is 0 Å². The van der Waals surface area contributed by atoms with Crippen molar-refractivity contribution in [2.24, 2.45) is 5.92 Å². The second kappa shape index (κ2) is 4.30. The first-order valence-electron chi connectivity index (χ1n) is 5.28. The van der Waals surface area contributed by atoms with Crippen LogP contribution >= 0.6 is 0 Å². The molecule has 1 aromatic carbocycles. The molecule has 0 aliphatic rings. The lowest BCUT2D eigenvalue weighted by Gasteiger charge is -2.08. The van der Waals surface area contributed by atoms with E-state index in [1.54, 1.807) is 0 Å². The Balaban J connectivity index is 2.33. The van der Waals surface area contributed by atoms with Gasteiger partial charge in [-0.1, -0.05) is 32.0 Å². The van der Waals surface area contributed by atoms with Gasteiger partial charge >= 0.3 is 0 Å². The molecule has 0 N–H and O–H groups in total. The Morgan fingerprint density at radius 2 is 2.00 bits per heavy atom. The molecule has 0 saturated carbocycles. The Kier molecular flexibility index (Phi) is 2.86. The van der Waals surface area contributed by atoms with E-state index < -0.39 is 0 Å². The van der Waals surface area contributed by atoms with Crippen LogP contribution in [0.1, 0.15) is 19.5 Å². The third-order valence-electron chi connectivity index (χ3n) is 2.28. The van der Waals surface area contributed by atoms with Gasteiger partial charge in [0.2, 0.25) is 0 Å². The zero-order valence-corrected chi connectivity index (χ0v) is 9.14. The minimum absolute atomic E-state index is 0.637. The molecular weight excluding hydrogens is 184 g/mol. The fourth-order valence-corrected chi connectivity index (χ4v) is 1.64. The second-order valence-electron chi connectivity index (χ2n) is 4.11. The van der Waals surface area contributed by atoms with Gasteiger partial charge in [0.15, 0.2) is 0 Å². The maximum atomic E-state index is 4.23. The third-order valence-corrected chi connectivity index (χ3v) is 2.28. The van der Waals surface area contributed by atoms with Gasteiger partial charge < -0.3 is 0 Å². The summed E-state index contributed by atoms with van der Waals surface area (Å²) in [5.41, 5.74) is 2.32. The van der Waals surface area contributed by atoms with Gasteiger partial charge in [0.25, 0.3) is 0 Å². The minimum atomic E-state index is 0.637. The van der Waals surface area contributed by atoms with Crippen LogP contribution in [-0.2, 0) is 6.42 Å². The maximum absolute atomic E-state index is 4.23. The van der Waals surface area contributed by atoms with Crippen LogP contribution in [0.2, 0.25) is 0 Å². The Hall–Kier alpha value is -1.57. The standard InChI is InChI=1S/C13H15N2/c1-11(2)10-13-8-9-14-15(13)12-6-4-3-5-7-12/h3-8,11H,10H2,1-2H3. The summed E-state index contributed by atoms with van der Waals surface area (Å²) in [4.78, 5) is 0. The monoisotopic (exact) mass is 199 g/mol. The molecule has 0 atom stereocenters. The largest absolute Gasteiger partial charge is 0.237 e. The van der Waals surface area contributed by atoms with Crippen LogP contribution in [0.15, 0.2) is 36.4 Å². The molecule has 2 rings (SSSR count). The second-order valence-corrected chi connectivity index (χ2v) is 4.11. The third kappa shape index (κ3) is 2.27. The molecule has 0 aliphatic carbocycles. The molecule has 0 saturated heterocycles. The zero-order chi connectivity index (χ0) is 10.7. The number of hydrogen-bond acceptors (Lipinski definition) is 1. The Morgan fingerprint density at radius 1 is 1.27 bits per heavy atom. The molecule has 1 radical (unpaired) electrons. The Bertz CT molecular complexity index is 415. The van der Waals surface area contributed by atoms with Gasteiger partial charge in [-0.3, -0.25) is 0 Å². The zero-order valence-electron chi connectivity index (χ0n) is 9.14. The molecule has 0 unspecified atom stereocenters. The van der Waals surface area contributed by atoms with Crippen molar-refractivity contribution in [3.63, 3.8) is 0 Å². The maximum Gasteiger partial charge on any atom is 0.113 e. The lowest BCUT2D eigenvalue weighted by molar-refractivity contribution is 0.616. The summed E-state index contributed by atoms with van der Waals surface area (Å²) >= 11 is 0. The summed E-state index contributed by atoms with van der Waals surface area (Å²) in [6, 6.07) is 12.1. The highest BCUT2D eigenvalue weighted by Gasteiger charge is 2.06. The van der Waals surface area contributed by atoms with E-state index in [9.17, 15) is 0 Å². The summed E-state index contributed by atoms with van der Waals surface area (Å²) in [5.74, 6) is 0.637. The van der Waals surface area contributed by atoms with Gasteiger partial charge in [-0.2, -0.15) is 5.10 Å². The van der Waals surface area contributed by atoms with Crippen molar-refractivity contribution >= 4 is 0 Å². The van der Waals surface area contributed by atoms with Crippen LogP contribution in [0, 0.1) is 12.1 Å². The highest BCUT2D eigenvalue weighted by molar-refractivity contribution is 5.32. The number of para-hydroxylation sites is 1. The topological polar surface area (TPSA) is 17.8 Å². The number of rotatable bonds is 3. The number of hydrogen-bond donors (Lipinski definition) is 0. The molecule has 77 valence electrons. The fourth-order valence-electron chi connectivity index (χ4n) is 1.64. The molecule has 0 bridgehead atoms. The number of benzene rings is 1. The first-order valence-corrected chi connectivity index (χ1v) is 5.28. The molecule has 0 aliphatic heterocycles. The molecule has 0 amide bonds. The summed E-state index contributed by atoms with van der Waals surface area (Å²) in [6.07, 6.45) is 3.95. The van der Waals surface area contributed by atoms with Crippen molar-refractivity contribution in [1.82, 2.24) is 9.78 Å². The molecule has 2 nitrogen and oxygen atoms in total. The van der Waals surface area contributed by atoms with E-state index in [-0.39, 0.29) is 0 Å². The molecular formula is C13H15N2. The van der Waals surface area contributed by atoms with Crippen molar-refractivity contribution in [3.8, 4) is 5.69 Å². The lowest BCUT2D eigenvalue weighted by Crippen LogP contribution is -2.04. The molecule has 2 aromatic rings. The molecule has 2 heteroatoms. The summed E-state index contributed by atoms with van der Waals surface area (Å²) in [5, 5.41) is 4.23. The van der Waals surface area contributed by atoms with Crippen LogP contribution in [0.3, 0.4) is 0 Å². The lowest BCUT2D eigenvalue weighted by atomic mass is 10.1. The van der Waals surface area contributed by atoms with E-state index in [4.69, 9.17) is 0 Å². The first kappa shape index (κ1) is 9.97. The van der Waals surface area contributed by atoms with Gasteiger partial charge in [-0.05, 0) is 30.5 Å². The summed E-state index contributed by atoms with van der Waals surface area (Å²) in [7, 11) is 0. The molecule has 0 spiro atoms.